The Morgan fingerprint density at radius 1 is 1.20 bits per heavy atom. The van der Waals surface area contributed by atoms with Gasteiger partial charge < -0.3 is 19.9 Å². The minimum absolute atomic E-state index is 0.0508. The normalized spacial score (nSPS) is 22.1. The summed E-state index contributed by atoms with van der Waals surface area (Å²) in [4.78, 5) is 16.4. The second-order valence-electron chi connectivity index (χ2n) is 6.62. The van der Waals surface area contributed by atoms with Crippen molar-refractivity contribution < 1.29 is 17.9 Å². The van der Waals surface area contributed by atoms with Crippen LogP contribution in [0.15, 0.2) is 30.3 Å². The zero-order valence-electron chi connectivity index (χ0n) is 15.0. The van der Waals surface area contributed by atoms with Crippen molar-refractivity contribution in [2.24, 2.45) is 0 Å². The summed E-state index contributed by atoms with van der Waals surface area (Å²) in [5.41, 5.74) is 1.03. The van der Waals surface area contributed by atoms with Crippen LogP contribution in [0, 0.1) is 0 Å². The lowest BCUT2D eigenvalue weighted by Crippen LogP contribution is -2.50. The molecule has 1 heterocycles. The molecule has 1 saturated heterocycles. The molecular formula is C17H27N3O4S. The van der Waals surface area contributed by atoms with Crippen molar-refractivity contribution in [1.82, 2.24) is 15.1 Å². The van der Waals surface area contributed by atoms with Crippen molar-refractivity contribution >= 4 is 15.9 Å². The van der Waals surface area contributed by atoms with Crippen LogP contribution < -0.4 is 5.32 Å². The fraction of sp³-hybridized carbons (Fsp3) is 0.588. The molecule has 0 radical (unpaired) electrons. The van der Waals surface area contributed by atoms with E-state index in [2.05, 4.69) is 5.32 Å². The van der Waals surface area contributed by atoms with Crippen LogP contribution in [-0.2, 0) is 21.1 Å². The van der Waals surface area contributed by atoms with E-state index in [4.69, 9.17) is 4.74 Å². The van der Waals surface area contributed by atoms with Crippen molar-refractivity contribution in [2.75, 3.05) is 45.8 Å². The van der Waals surface area contributed by atoms with Gasteiger partial charge >= 0.3 is 6.03 Å². The highest BCUT2D eigenvalue weighted by Gasteiger charge is 2.39. The molecule has 25 heavy (non-hydrogen) atoms. The van der Waals surface area contributed by atoms with E-state index >= 15 is 0 Å². The van der Waals surface area contributed by atoms with Gasteiger partial charge in [0.05, 0.1) is 23.7 Å². The number of amides is 2. The Morgan fingerprint density at radius 2 is 1.88 bits per heavy atom. The SMILES string of the molecule is COC1CS(=O)(=O)CC1NC(=O)N(CCN(C)C)Cc1ccccc1. The number of likely N-dealkylation sites (N-methyl/N-ethyl adjacent to an activating group) is 1. The average molecular weight is 369 g/mol. The van der Waals surface area contributed by atoms with Gasteiger partial charge in [0.15, 0.2) is 9.84 Å². The molecule has 0 aromatic heterocycles. The number of hydrogen-bond acceptors (Lipinski definition) is 5. The van der Waals surface area contributed by atoms with Gasteiger partial charge in [-0.3, -0.25) is 0 Å². The molecule has 1 aliphatic heterocycles. The molecule has 0 saturated carbocycles. The van der Waals surface area contributed by atoms with Crippen molar-refractivity contribution in [3.63, 3.8) is 0 Å². The highest BCUT2D eigenvalue weighted by molar-refractivity contribution is 7.91. The summed E-state index contributed by atoms with van der Waals surface area (Å²) in [6.07, 6.45) is -0.499. The fourth-order valence-electron chi connectivity index (χ4n) is 2.81. The molecule has 0 bridgehead atoms. The van der Waals surface area contributed by atoms with Gasteiger partial charge in [0, 0.05) is 26.7 Å². The molecule has 2 amide bonds. The number of hydrogen-bond donors (Lipinski definition) is 1. The van der Waals surface area contributed by atoms with Crippen LogP contribution in [0.2, 0.25) is 0 Å². The first-order valence-corrected chi connectivity index (χ1v) is 10.1. The standard InChI is InChI=1S/C17H27N3O4S/c1-19(2)9-10-20(11-14-7-5-4-6-8-14)17(21)18-15-12-25(22,23)13-16(15)24-3/h4-8,15-16H,9-13H2,1-3H3,(H,18,21). The zero-order chi connectivity index (χ0) is 18.4. The summed E-state index contributed by atoms with van der Waals surface area (Å²) in [6.45, 7) is 1.74. The zero-order valence-corrected chi connectivity index (χ0v) is 15.8. The maximum atomic E-state index is 12.7. The summed E-state index contributed by atoms with van der Waals surface area (Å²) in [7, 11) is 2.19. The smallest absolute Gasteiger partial charge is 0.318 e. The molecule has 0 spiro atoms. The maximum absolute atomic E-state index is 12.7. The molecule has 2 atom stereocenters. The Kier molecular flexibility index (Phi) is 6.80. The largest absolute Gasteiger partial charge is 0.378 e. The lowest BCUT2D eigenvalue weighted by molar-refractivity contribution is 0.0972. The molecule has 1 N–H and O–H groups in total. The van der Waals surface area contributed by atoms with E-state index in [9.17, 15) is 13.2 Å². The first kappa shape index (κ1) is 19.7. The average Bonchev–Trinajstić information content (AvgIpc) is 2.85. The molecule has 2 rings (SSSR count). The lowest BCUT2D eigenvalue weighted by atomic mass is 10.2. The van der Waals surface area contributed by atoms with Crippen molar-refractivity contribution in [3.8, 4) is 0 Å². The quantitative estimate of drug-likeness (QED) is 0.760. The third kappa shape index (κ3) is 5.98. The number of benzene rings is 1. The molecule has 140 valence electrons. The molecule has 1 fully saturated rings. The fourth-order valence-corrected chi connectivity index (χ4v) is 4.66. The minimum Gasteiger partial charge on any atom is -0.378 e. The van der Waals surface area contributed by atoms with Crippen molar-refractivity contribution in [3.05, 3.63) is 35.9 Å². The monoisotopic (exact) mass is 369 g/mol. The van der Waals surface area contributed by atoms with E-state index in [0.717, 1.165) is 12.1 Å². The van der Waals surface area contributed by atoms with E-state index in [-0.39, 0.29) is 17.5 Å². The Morgan fingerprint density at radius 3 is 2.48 bits per heavy atom. The molecule has 2 unspecified atom stereocenters. The Balaban J connectivity index is 2.06. The number of nitrogens with one attached hydrogen (secondary N) is 1. The van der Waals surface area contributed by atoms with Gasteiger partial charge in [-0.05, 0) is 19.7 Å². The second kappa shape index (κ2) is 8.64. The number of ether oxygens (including phenoxy) is 1. The molecule has 7 nitrogen and oxygen atoms in total. The number of carbonyl (C=O) groups is 1. The first-order chi connectivity index (χ1) is 11.8. The van der Waals surface area contributed by atoms with Crippen LogP contribution in [-0.4, -0.2) is 82.2 Å². The van der Waals surface area contributed by atoms with E-state index < -0.39 is 22.0 Å². The van der Waals surface area contributed by atoms with Crippen LogP contribution >= 0.6 is 0 Å². The third-order valence-corrected chi connectivity index (χ3v) is 5.94. The summed E-state index contributed by atoms with van der Waals surface area (Å²) >= 11 is 0. The molecule has 8 heteroatoms. The van der Waals surface area contributed by atoms with Gasteiger partial charge in [-0.2, -0.15) is 0 Å². The first-order valence-electron chi connectivity index (χ1n) is 8.28. The maximum Gasteiger partial charge on any atom is 0.318 e. The Labute approximate surface area is 149 Å². The number of sulfone groups is 1. The van der Waals surface area contributed by atoms with Crippen LogP contribution in [0.1, 0.15) is 5.56 Å². The summed E-state index contributed by atoms with van der Waals surface area (Å²) in [6, 6.07) is 8.95. The number of methoxy groups -OCH3 is 1. The lowest BCUT2D eigenvalue weighted by Gasteiger charge is -2.27. The van der Waals surface area contributed by atoms with E-state index in [1.807, 2.05) is 49.3 Å². The number of carbonyl (C=O) groups excluding carboxylic acids is 1. The van der Waals surface area contributed by atoms with Gasteiger partial charge in [0.1, 0.15) is 0 Å². The summed E-state index contributed by atoms with van der Waals surface area (Å²) < 4.78 is 28.9. The van der Waals surface area contributed by atoms with E-state index in [1.54, 1.807) is 4.90 Å². The number of urea groups is 1. The van der Waals surface area contributed by atoms with Gasteiger partial charge in [-0.1, -0.05) is 30.3 Å². The molecule has 1 aromatic carbocycles. The van der Waals surface area contributed by atoms with Gasteiger partial charge in [-0.25, -0.2) is 13.2 Å². The molecule has 0 aliphatic carbocycles. The van der Waals surface area contributed by atoms with E-state index in [0.29, 0.717) is 13.1 Å². The van der Waals surface area contributed by atoms with E-state index in [1.165, 1.54) is 7.11 Å². The van der Waals surface area contributed by atoms with Gasteiger partial charge in [-0.15, -0.1) is 0 Å². The molecule has 1 aliphatic rings. The third-order valence-electron chi connectivity index (χ3n) is 4.23. The highest BCUT2D eigenvalue weighted by Crippen LogP contribution is 2.16. The van der Waals surface area contributed by atoms with Crippen LogP contribution in [0.3, 0.4) is 0 Å². The molecule has 1 aromatic rings. The van der Waals surface area contributed by atoms with Crippen molar-refractivity contribution in [1.29, 1.82) is 0 Å². The Bertz CT molecular complexity index is 664. The highest BCUT2D eigenvalue weighted by atomic mass is 32.2. The van der Waals surface area contributed by atoms with Gasteiger partial charge in [0.25, 0.3) is 0 Å². The van der Waals surface area contributed by atoms with Crippen molar-refractivity contribution in [2.45, 2.75) is 18.7 Å². The predicted molar refractivity (Wildman–Crippen MR) is 97.2 cm³/mol. The second-order valence-corrected chi connectivity index (χ2v) is 8.77. The predicted octanol–water partition coefficient (Wildman–Crippen LogP) is 0.572. The van der Waals surface area contributed by atoms with Crippen LogP contribution in [0.5, 0.6) is 0 Å². The number of rotatable bonds is 7. The van der Waals surface area contributed by atoms with Crippen LogP contribution in [0.4, 0.5) is 4.79 Å². The summed E-state index contributed by atoms with van der Waals surface area (Å²) in [5.74, 6) is -0.130. The van der Waals surface area contributed by atoms with Gasteiger partial charge in [0.2, 0.25) is 0 Å². The summed E-state index contributed by atoms with van der Waals surface area (Å²) in [5, 5.41) is 2.84. The minimum atomic E-state index is -3.18. The Hall–Kier alpha value is -1.64. The molecular weight excluding hydrogens is 342 g/mol. The topological polar surface area (TPSA) is 78.9 Å². The van der Waals surface area contributed by atoms with Crippen LogP contribution in [0.25, 0.3) is 0 Å². The number of nitrogens with zero attached hydrogens (tertiary/aromatic N) is 2.